The van der Waals surface area contributed by atoms with E-state index in [9.17, 15) is 5.11 Å². The highest BCUT2D eigenvalue weighted by atomic mass is 35.5. The lowest BCUT2D eigenvalue weighted by molar-refractivity contribution is 0.462. The van der Waals surface area contributed by atoms with Crippen LogP contribution in [0.3, 0.4) is 0 Å². The summed E-state index contributed by atoms with van der Waals surface area (Å²) in [5.41, 5.74) is 11.5. The molecule has 0 aliphatic carbocycles. The Hall–Kier alpha value is -0.480. The molecule has 0 aromatic heterocycles. The zero-order chi connectivity index (χ0) is 10.0. The average Bonchev–Trinajstić information content (AvgIpc) is 2.10. The minimum atomic E-state index is -0.448. The number of halogens is 2. The van der Waals surface area contributed by atoms with Gasteiger partial charge in [0.1, 0.15) is 5.75 Å². The molecule has 5 N–H and O–H groups in total. The second-order valence-electron chi connectivity index (χ2n) is 2.67. The highest BCUT2D eigenvalue weighted by Gasteiger charge is 2.13. The Balaban J connectivity index is 3.20. The van der Waals surface area contributed by atoms with Gasteiger partial charge in [-0.25, -0.2) is 0 Å². The first-order chi connectivity index (χ1) is 6.06. The van der Waals surface area contributed by atoms with Crippen molar-refractivity contribution in [2.75, 3.05) is 6.54 Å². The van der Waals surface area contributed by atoms with Crippen molar-refractivity contribution < 1.29 is 5.11 Å². The highest BCUT2D eigenvalue weighted by molar-refractivity contribution is 6.35. The molecule has 1 aromatic carbocycles. The van der Waals surface area contributed by atoms with Crippen LogP contribution in [-0.4, -0.2) is 11.7 Å². The Morgan fingerprint density at radius 1 is 1.38 bits per heavy atom. The number of hydrogen-bond donors (Lipinski definition) is 3. The topological polar surface area (TPSA) is 72.3 Å². The molecule has 0 saturated heterocycles. The first-order valence-corrected chi connectivity index (χ1v) is 4.45. The summed E-state index contributed by atoms with van der Waals surface area (Å²) in [6, 6.07) is 2.56. The maximum Gasteiger partial charge on any atom is 0.139 e. The van der Waals surface area contributed by atoms with Crippen LogP contribution in [0.5, 0.6) is 5.75 Å². The highest BCUT2D eigenvalue weighted by Crippen LogP contribution is 2.33. The maximum atomic E-state index is 9.50. The first-order valence-electron chi connectivity index (χ1n) is 3.69. The molecule has 0 amide bonds. The Kier molecular flexibility index (Phi) is 3.39. The molecule has 0 fully saturated rings. The Labute approximate surface area is 86.2 Å². The van der Waals surface area contributed by atoms with Crippen molar-refractivity contribution in [3.05, 3.63) is 27.7 Å². The predicted molar refractivity (Wildman–Crippen MR) is 54.1 cm³/mol. The van der Waals surface area contributed by atoms with Gasteiger partial charge >= 0.3 is 0 Å². The molecule has 1 aromatic rings. The van der Waals surface area contributed by atoms with Crippen LogP contribution in [0, 0.1) is 0 Å². The van der Waals surface area contributed by atoms with Crippen LogP contribution in [0.4, 0.5) is 0 Å². The van der Waals surface area contributed by atoms with Gasteiger partial charge in [0.15, 0.2) is 0 Å². The SMILES string of the molecule is NC[C@@H](N)c1cc(Cl)cc(Cl)c1O. The van der Waals surface area contributed by atoms with Gasteiger partial charge in [-0.3, -0.25) is 0 Å². The van der Waals surface area contributed by atoms with Crippen LogP contribution < -0.4 is 11.5 Å². The Morgan fingerprint density at radius 3 is 2.54 bits per heavy atom. The summed E-state index contributed by atoms with van der Waals surface area (Å²) in [6.45, 7) is 0.226. The molecule has 0 saturated carbocycles. The average molecular weight is 221 g/mol. The van der Waals surface area contributed by atoms with Gasteiger partial charge in [0.2, 0.25) is 0 Å². The first kappa shape index (κ1) is 10.6. The van der Waals surface area contributed by atoms with E-state index in [0.29, 0.717) is 10.6 Å². The van der Waals surface area contributed by atoms with Crippen molar-refractivity contribution in [1.29, 1.82) is 0 Å². The van der Waals surface area contributed by atoms with E-state index in [4.69, 9.17) is 34.7 Å². The minimum Gasteiger partial charge on any atom is -0.506 e. The van der Waals surface area contributed by atoms with Gasteiger partial charge in [-0.1, -0.05) is 23.2 Å². The minimum absolute atomic E-state index is 0.0518. The van der Waals surface area contributed by atoms with Crippen molar-refractivity contribution >= 4 is 23.2 Å². The maximum absolute atomic E-state index is 9.50. The number of phenols is 1. The zero-order valence-corrected chi connectivity index (χ0v) is 8.31. The molecule has 0 aliphatic heterocycles. The van der Waals surface area contributed by atoms with Gasteiger partial charge in [0.05, 0.1) is 5.02 Å². The summed E-state index contributed by atoms with van der Waals surface area (Å²) < 4.78 is 0. The smallest absolute Gasteiger partial charge is 0.139 e. The lowest BCUT2D eigenvalue weighted by Gasteiger charge is -2.12. The summed E-state index contributed by atoms with van der Waals surface area (Å²) in [7, 11) is 0. The van der Waals surface area contributed by atoms with E-state index in [2.05, 4.69) is 0 Å². The van der Waals surface area contributed by atoms with Crippen molar-refractivity contribution in [3.8, 4) is 5.75 Å². The molecule has 0 radical (unpaired) electrons. The molecule has 1 rings (SSSR count). The quantitative estimate of drug-likeness (QED) is 0.710. The molecular formula is C8H10Cl2N2O. The van der Waals surface area contributed by atoms with Crippen LogP contribution in [0.25, 0.3) is 0 Å². The number of nitrogens with two attached hydrogens (primary N) is 2. The molecule has 5 heteroatoms. The number of rotatable bonds is 2. The zero-order valence-electron chi connectivity index (χ0n) is 6.80. The summed E-state index contributed by atoms with van der Waals surface area (Å²) in [5, 5.41) is 10.1. The number of aromatic hydroxyl groups is 1. The second kappa shape index (κ2) is 4.15. The third-order valence-electron chi connectivity index (χ3n) is 1.71. The number of phenolic OH excluding ortho intramolecular Hbond substituents is 1. The third-order valence-corrected chi connectivity index (χ3v) is 2.22. The van der Waals surface area contributed by atoms with Crippen LogP contribution in [-0.2, 0) is 0 Å². The summed E-state index contributed by atoms with van der Waals surface area (Å²) in [4.78, 5) is 0. The lowest BCUT2D eigenvalue weighted by atomic mass is 10.1. The summed E-state index contributed by atoms with van der Waals surface area (Å²) >= 11 is 11.4. The van der Waals surface area contributed by atoms with Crippen LogP contribution >= 0.6 is 23.2 Å². The van der Waals surface area contributed by atoms with E-state index in [1.54, 1.807) is 6.07 Å². The fourth-order valence-corrected chi connectivity index (χ4v) is 1.50. The van der Waals surface area contributed by atoms with E-state index in [1.165, 1.54) is 6.07 Å². The van der Waals surface area contributed by atoms with E-state index < -0.39 is 6.04 Å². The summed E-state index contributed by atoms with van der Waals surface area (Å²) in [5.74, 6) is -0.0518. The fraction of sp³-hybridized carbons (Fsp3) is 0.250. The van der Waals surface area contributed by atoms with E-state index >= 15 is 0 Å². The van der Waals surface area contributed by atoms with Gasteiger partial charge in [-0.2, -0.15) is 0 Å². The molecule has 0 unspecified atom stereocenters. The second-order valence-corrected chi connectivity index (χ2v) is 3.51. The normalized spacial score (nSPS) is 12.9. The van der Waals surface area contributed by atoms with Crippen molar-refractivity contribution in [2.24, 2.45) is 11.5 Å². The van der Waals surface area contributed by atoms with E-state index in [0.717, 1.165) is 0 Å². The van der Waals surface area contributed by atoms with Crippen molar-refractivity contribution in [3.63, 3.8) is 0 Å². The van der Waals surface area contributed by atoms with Gasteiger partial charge in [0.25, 0.3) is 0 Å². The molecule has 13 heavy (non-hydrogen) atoms. The lowest BCUT2D eigenvalue weighted by Crippen LogP contribution is -2.20. The predicted octanol–water partition coefficient (Wildman–Crippen LogP) is 1.66. The van der Waals surface area contributed by atoms with Crippen LogP contribution in [0.15, 0.2) is 12.1 Å². The number of hydrogen-bond acceptors (Lipinski definition) is 3. The third kappa shape index (κ3) is 2.25. The molecule has 1 atom stereocenters. The van der Waals surface area contributed by atoms with E-state index in [1.807, 2.05) is 0 Å². The monoisotopic (exact) mass is 220 g/mol. The van der Waals surface area contributed by atoms with Crippen LogP contribution in [0.1, 0.15) is 11.6 Å². The van der Waals surface area contributed by atoms with Gasteiger partial charge < -0.3 is 16.6 Å². The molecule has 0 bridgehead atoms. The van der Waals surface area contributed by atoms with Crippen molar-refractivity contribution in [2.45, 2.75) is 6.04 Å². The van der Waals surface area contributed by atoms with Gasteiger partial charge in [-0.15, -0.1) is 0 Å². The van der Waals surface area contributed by atoms with Crippen LogP contribution in [0.2, 0.25) is 10.0 Å². The Morgan fingerprint density at radius 2 is 2.00 bits per heavy atom. The molecule has 0 heterocycles. The standard InChI is InChI=1S/C8H10Cl2N2O/c9-4-1-5(7(12)3-11)8(13)6(10)2-4/h1-2,7,13H,3,11-12H2/t7-/m1/s1. The summed E-state index contributed by atoms with van der Waals surface area (Å²) in [6.07, 6.45) is 0. The van der Waals surface area contributed by atoms with Gasteiger partial charge in [-0.05, 0) is 12.1 Å². The van der Waals surface area contributed by atoms with E-state index in [-0.39, 0.29) is 17.3 Å². The fourth-order valence-electron chi connectivity index (χ4n) is 0.996. The molecular weight excluding hydrogens is 211 g/mol. The van der Waals surface area contributed by atoms with Crippen molar-refractivity contribution in [1.82, 2.24) is 0 Å². The number of benzene rings is 1. The molecule has 0 aliphatic rings. The van der Waals surface area contributed by atoms with Gasteiger partial charge in [0, 0.05) is 23.2 Å². The molecule has 72 valence electrons. The largest absolute Gasteiger partial charge is 0.506 e. The Bertz CT molecular complexity index is 317. The molecule has 0 spiro atoms. The molecule has 3 nitrogen and oxygen atoms in total.